The third-order valence-electron chi connectivity index (χ3n) is 3.19. The van der Waals surface area contributed by atoms with Crippen molar-refractivity contribution in [2.24, 2.45) is 0 Å². The van der Waals surface area contributed by atoms with Gasteiger partial charge in [0.25, 0.3) is 11.8 Å². The smallest absolute Gasteiger partial charge is 0.327 e. The molecule has 9 heteroatoms. The van der Waals surface area contributed by atoms with E-state index in [-0.39, 0.29) is 6.04 Å². The number of benzene rings is 1. The topological polar surface area (TPSA) is 116 Å². The maximum atomic E-state index is 12.3. The second-order valence-electron chi connectivity index (χ2n) is 5.75. The largest absolute Gasteiger partial charge is 0.346 e. The molecule has 0 fully saturated rings. The maximum Gasteiger partial charge on any atom is 0.327 e. The van der Waals surface area contributed by atoms with E-state index in [2.05, 4.69) is 16.1 Å². The Balaban J connectivity index is 2.64. The van der Waals surface area contributed by atoms with Crippen molar-refractivity contribution in [3.8, 4) is 0 Å². The minimum absolute atomic E-state index is 0.205. The number of carbonyl (C=O) groups excluding carboxylic acids is 4. The number of nitrogens with one attached hydrogen (secondary N) is 4. The van der Waals surface area contributed by atoms with Gasteiger partial charge in [-0.25, -0.2) is 0 Å². The zero-order valence-electron chi connectivity index (χ0n) is 15.0. The summed E-state index contributed by atoms with van der Waals surface area (Å²) in [6.07, 6.45) is 2.26. The zero-order valence-corrected chi connectivity index (χ0v) is 15.8. The molecule has 26 heavy (non-hydrogen) atoms. The fourth-order valence-corrected chi connectivity index (χ4v) is 2.40. The summed E-state index contributed by atoms with van der Waals surface area (Å²) in [5.74, 6) is -2.20. The van der Waals surface area contributed by atoms with Crippen LogP contribution in [0.4, 0.5) is 0 Å². The van der Waals surface area contributed by atoms with Gasteiger partial charge < -0.3 is 10.6 Å². The lowest BCUT2D eigenvalue weighted by Gasteiger charge is -2.18. The summed E-state index contributed by atoms with van der Waals surface area (Å²) in [7, 11) is 0. The molecule has 0 aromatic heterocycles. The second-order valence-corrected chi connectivity index (χ2v) is 6.73. The first-order chi connectivity index (χ1) is 12.3. The van der Waals surface area contributed by atoms with Gasteiger partial charge in [-0.15, -0.1) is 0 Å². The van der Waals surface area contributed by atoms with Gasteiger partial charge in [-0.1, -0.05) is 18.2 Å². The van der Waals surface area contributed by atoms with Crippen molar-refractivity contribution in [2.75, 3.05) is 12.0 Å². The third-order valence-corrected chi connectivity index (χ3v) is 3.84. The van der Waals surface area contributed by atoms with E-state index in [9.17, 15) is 19.2 Å². The van der Waals surface area contributed by atoms with Crippen LogP contribution in [0.2, 0.25) is 0 Å². The maximum absolute atomic E-state index is 12.3. The van der Waals surface area contributed by atoms with Crippen molar-refractivity contribution >= 4 is 35.4 Å². The van der Waals surface area contributed by atoms with E-state index < -0.39 is 29.7 Å². The molecule has 0 heterocycles. The molecule has 0 saturated heterocycles. The van der Waals surface area contributed by atoms with Crippen molar-refractivity contribution in [3.63, 3.8) is 0 Å². The Morgan fingerprint density at radius 1 is 0.962 bits per heavy atom. The third kappa shape index (κ3) is 7.56. The number of carbonyl (C=O) groups is 4. The van der Waals surface area contributed by atoms with Crippen LogP contribution in [0, 0.1) is 0 Å². The van der Waals surface area contributed by atoms with Crippen LogP contribution >= 0.6 is 11.8 Å². The average Bonchev–Trinajstić information content (AvgIpc) is 2.62. The molecular weight excluding hydrogens is 356 g/mol. The van der Waals surface area contributed by atoms with E-state index in [1.807, 2.05) is 11.7 Å². The van der Waals surface area contributed by atoms with Crippen molar-refractivity contribution < 1.29 is 19.2 Å². The molecule has 8 nitrogen and oxygen atoms in total. The highest BCUT2D eigenvalue weighted by molar-refractivity contribution is 7.98. The lowest BCUT2D eigenvalue weighted by atomic mass is 10.1. The Morgan fingerprint density at radius 2 is 1.62 bits per heavy atom. The van der Waals surface area contributed by atoms with Gasteiger partial charge in [-0.05, 0) is 44.4 Å². The fourth-order valence-electron chi connectivity index (χ4n) is 1.93. The van der Waals surface area contributed by atoms with Gasteiger partial charge in [-0.3, -0.25) is 30.0 Å². The Bertz CT molecular complexity index is 637. The molecule has 1 aromatic carbocycles. The van der Waals surface area contributed by atoms with Gasteiger partial charge >= 0.3 is 11.8 Å². The van der Waals surface area contributed by atoms with Crippen LogP contribution in [0.5, 0.6) is 0 Å². The number of rotatable bonds is 7. The molecule has 142 valence electrons. The molecule has 0 spiro atoms. The second kappa shape index (κ2) is 11.1. The average molecular weight is 380 g/mol. The fraction of sp³-hybridized carbons (Fsp3) is 0.412. The number of hydrazine groups is 1. The van der Waals surface area contributed by atoms with Gasteiger partial charge in [0.2, 0.25) is 0 Å². The van der Waals surface area contributed by atoms with E-state index in [0.29, 0.717) is 17.7 Å². The summed E-state index contributed by atoms with van der Waals surface area (Å²) in [6, 6.07) is 7.45. The molecule has 0 aliphatic heterocycles. The van der Waals surface area contributed by atoms with Crippen LogP contribution in [0.15, 0.2) is 30.3 Å². The molecular formula is C17H24N4O4S. The quantitative estimate of drug-likeness (QED) is 0.399. The van der Waals surface area contributed by atoms with Crippen LogP contribution in [-0.4, -0.2) is 47.7 Å². The Kier molecular flexibility index (Phi) is 9.21. The van der Waals surface area contributed by atoms with Crippen LogP contribution in [0.1, 0.15) is 30.6 Å². The van der Waals surface area contributed by atoms with E-state index in [0.717, 1.165) is 0 Å². The summed E-state index contributed by atoms with van der Waals surface area (Å²) >= 11 is 1.52. The van der Waals surface area contributed by atoms with Gasteiger partial charge in [0.1, 0.15) is 6.04 Å². The van der Waals surface area contributed by atoms with Crippen LogP contribution in [0.3, 0.4) is 0 Å². The number of hydrogen-bond acceptors (Lipinski definition) is 5. The first-order valence-corrected chi connectivity index (χ1v) is 9.50. The lowest BCUT2D eigenvalue weighted by Crippen LogP contribution is -2.55. The highest BCUT2D eigenvalue weighted by Crippen LogP contribution is 2.04. The number of amides is 4. The highest BCUT2D eigenvalue weighted by atomic mass is 32.2. The van der Waals surface area contributed by atoms with Crippen LogP contribution in [-0.2, 0) is 14.4 Å². The Labute approximate surface area is 156 Å². The predicted octanol–water partition coefficient (Wildman–Crippen LogP) is 0.210. The molecule has 0 bridgehead atoms. The van der Waals surface area contributed by atoms with Gasteiger partial charge in [0.15, 0.2) is 0 Å². The SMILES string of the molecule is CSCC[C@@H](NC(=O)c1ccccc1)C(=O)NNC(=O)C(=O)NC(C)C. The minimum atomic E-state index is -0.981. The van der Waals surface area contributed by atoms with E-state index in [1.165, 1.54) is 11.8 Å². The van der Waals surface area contributed by atoms with Crippen LogP contribution in [0.25, 0.3) is 0 Å². The molecule has 0 aliphatic rings. The molecule has 0 aliphatic carbocycles. The molecule has 1 rings (SSSR count). The summed E-state index contributed by atoms with van der Waals surface area (Å²) in [4.78, 5) is 47.7. The molecule has 1 aromatic rings. The molecule has 1 atom stereocenters. The minimum Gasteiger partial charge on any atom is -0.346 e. The zero-order chi connectivity index (χ0) is 19.5. The van der Waals surface area contributed by atoms with Crippen molar-refractivity contribution in [1.29, 1.82) is 0 Å². The standard InChI is InChI=1S/C17H24N4O4S/c1-11(2)18-16(24)17(25)21-20-15(23)13(9-10-26-3)19-14(22)12-7-5-4-6-8-12/h4-8,11,13H,9-10H2,1-3H3,(H,18,24)(H,19,22)(H,20,23)(H,21,25)/t13-/m1/s1. The molecule has 0 unspecified atom stereocenters. The van der Waals surface area contributed by atoms with Gasteiger partial charge in [0.05, 0.1) is 0 Å². The van der Waals surface area contributed by atoms with Gasteiger partial charge in [0, 0.05) is 11.6 Å². The monoisotopic (exact) mass is 380 g/mol. The summed E-state index contributed by atoms with van der Waals surface area (Å²) in [6.45, 7) is 3.42. The predicted molar refractivity (Wildman–Crippen MR) is 100 cm³/mol. The first-order valence-electron chi connectivity index (χ1n) is 8.10. The summed E-state index contributed by atoms with van der Waals surface area (Å²) < 4.78 is 0. The van der Waals surface area contributed by atoms with Crippen molar-refractivity contribution in [1.82, 2.24) is 21.5 Å². The normalized spacial score (nSPS) is 11.4. The Morgan fingerprint density at radius 3 is 2.19 bits per heavy atom. The number of hydrogen-bond donors (Lipinski definition) is 4. The van der Waals surface area contributed by atoms with E-state index in [4.69, 9.17) is 0 Å². The van der Waals surface area contributed by atoms with Gasteiger partial charge in [-0.2, -0.15) is 11.8 Å². The Hall–Kier alpha value is -2.55. The highest BCUT2D eigenvalue weighted by Gasteiger charge is 2.22. The van der Waals surface area contributed by atoms with Crippen LogP contribution < -0.4 is 21.5 Å². The molecule has 0 saturated carbocycles. The number of thioether (sulfide) groups is 1. The van der Waals surface area contributed by atoms with Crippen molar-refractivity contribution in [3.05, 3.63) is 35.9 Å². The lowest BCUT2D eigenvalue weighted by molar-refractivity contribution is -0.141. The van der Waals surface area contributed by atoms with Crippen molar-refractivity contribution in [2.45, 2.75) is 32.4 Å². The van der Waals surface area contributed by atoms with E-state index >= 15 is 0 Å². The summed E-state index contributed by atoms with van der Waals surface area (Å²) in [5.41, 5.74) is 4.65. The van der Waals surface area contributed by atoms with E-state index in [1.54, 1.807) is 44.2 Å². The molecule has 4 amide bonds. The first kappa shape index (κ1) is 21.5. The summed E-state index contributed by atoms with van der Waals surface area (Å²) in [5, 5.41) is 5.05. The molecule has 0 radical (unpaired) electrons. The molecule has 4 N–H and O–H groups in total.